The van der Waals surface area contributed by atoms with Gasteiger partial charge in [0.05, 0.1) is 12.2 Å². The summed E-state index contributed by atoms with van der Waals surface area (Å²) in [6.07, 6.45) is 0.0768. The molecular weight excluding hydrogens is 534 g/mol. The van der Waals surface area contributed by atoms with Crippen molar-refractivity contribution in [3.05, 3.63) is 94.5 Å². The van der Waals surface area contributed by atoms with Gasteiger partial charge in [0.25, 0.3) is 5.91 Å². The maximum atomic E-state index is 13.9. The number of amides is 5. The number of ether oxygens (including phenoxy) is 1. The molecule has 0 saturated carbocycles. The second-order valence-electron chi connectivity index (χ2n) is 9.71. The summed E-state index contributed by atoms with van der Waals surface area (Å²) in [6.45, 7) is 0.465. The Morgan fingerprint density at radius 2 is 1.82 bits per heavy atom. The van der Waals surface area contributed by atoms with Crippen LogP contribution in [0.25, 0.3) is 0 Å². The molecule has 11 heteroatoms. The zero-order chi connectivity index (χ0) is 28.3. The molecule has 10 nitrogen and oxygen atoms in total. The van der Waals surface area contributed by atoms with Crippen molar-refractivity contribution in [3.8, 4) is 0 Å². The minimum absolute atomic E-state index is 0.133. The molecule has 1 fully saturated rings. The van der Waals surface area contributed by atoms with Crippen LogP contribution in [0.2, 0.25) is 5.02 Å². The first-order valence-corrected chi connectivity index (χ1v) is 13.2. The van der Waals surface area contributed by atoms with E-state index in [0.717, 1.165) is 5.56 Å². The van der Waals surface area contributed by atoms with Crippen LogP contribution < -0.4 is 21.3 Å². The largest absolute Gasteiger partial charge is 0.436 e. The molecule has 4 N–H and O–H groups in total. The number of fused-ring (bicyclic) bond motifs is 2. The lowest BCUT2D eigenvalue weighted by Crippen LogP contribution is -2.50. The highest BCUT2D eigenvalue weighted by atomic mass is 35.5. The molecule has 2 aliphatic rings. The van der Waals surface area contributed by atoms with E-state index in [2.05, 4.69) is 21.3 Å². The van der Waals surface area contributed by atoms with Crippen LogP contribution >= 0.6 is 11.6 Å². The topological polar surface area (TPSA) is 129 Å². The van der Waals surface area contributed by atoms with E-state index in [1.165, 1.54) is 7.05 Å². The number of benzene rings is 3. The third-order valence-electron chi connectivity index (χ3n) is 7.06. The van der Waals surface area contributed by atoms with Gasteiger partial charge < -0.3 is 25.6 Å². The van der Waals surface area contributed by atoms with E-state index in [1.807, 2.05) is 30.3 Å². The summed E-state index contributed by atoms with van der Waals surface area (Å²) in [6, 6.07) is 19.7. The quantitative estimate of drug-likeness (QED) is 0.360. The van der Waals surface area contributed by atoms with Gasteiger partial charge in [-0.05, 0) is 48.0 Å². The van der Waals surface area contributed by atoms with Crippen LogP contribution in [0, 0.1) is 0 Å². The first-order valence-electron chi connectivity index (χ1n) is 12.8. The minimum atomic E-state index is -1.03. The van der Waals surface area contributed by atoms with Crippen molar-refractivity contribution >= 4 is 46.9 Å². The number of halogens is 1. The number of carbonyl (C=O) groups is 4. The normalized spacial score (nSPS) is 18.2. The summed E-state index contributed by atoms with van der Waals surface area (Å²) in [5.74, 6) is -0.717. The molecule has 2 atom stereocenters. The molecule has 1 unspecified atom stereocenters. The fourth-order valence-electron chi connectivity index (χ4n) is 5.05. The number of rotatable bonds is 6. The van der Waals surface area contributed by atoms with Crippen molar-refractivity contribution in [2.75, 3.05) is 30.8 Å². The van der Waals surface area contributed by atoms with Crippen LogP contribution in [0.4, 0.5) is 21.0 Å². The van der Waals surface area contributed by atoms with Crippen LogP contribution in [-0.4, -0.2) is 55.0 Å². The molecule has 5 rings (SSSR count). The second-order valence-corrected chi connectivity index (χ2v) is 10.1. The summed E-state index contributed by atoms with van der Waals surface area (Å²) in [7, 11) is 1.51. The average molecular weight is 562 g/mol. The molecule has 0 aromatic heterocycles. The molecule has 5 amide bonds. The zero-order valence-electron chi connectivity index (χ0n) is 21.7. The Morgan fingerprint density at radius 1 is 1.07 bits per heavy atom. The predicted molar refractivity (Wildman–Crippen MR) is 150 cm³/mol. The van der Waals surface area contributed by atoms with E-state index < -0.39 is 23.6 Å². The Kier molecular flexibility index (Phi) is 7.61. The first kappa shape index (κ1) is 27.0. The molecular formula is C29H28ClN5O5. The van der Waals surface area contributed by atoms with Gasteiger partial charge in [-0.15, -0.1) is 0 Å². The summed E-state index contributed by atoms with van der Waals surface area (Å²) in [5, 5.41) is 11.2. The number of urea groups is 1. The van der Waals surface area contributed by atoms with Crippen LogP contribution in [0.5, 0.6) is 0 Å². The number of carbonyl (C=O) groups excluding carboxylic acids is 4. The predicted octanol–water partition coefficient (Wildman–Crippen LogP) is 4.12. The van der Waals surface area contributed by atoms with Crippen LogP contribution in [0.15, 0.2) is 72.8 Å². The average Bonchev–Trinajstić information content (AvgIpc) is 3.37. The number of likely N-dealkylation sites (tertiary alicyclic amines) is 1. The SMILES string of the molecule is CNC(=O)Nc1ccc(C(=O)N[C@@H](Cc2ccccc2)C(=O)N2CCC3(C2)OC(=O)Nc2ccc(Cl)cc23)cc1. The molecule has 0 bridgehead atoms. The van der Waals surface area contributed by atoms with Gasteiger partial charge in [-0.25, -0.2) is 9.59 Å². The van der Waals surface area contributed by atoms with Crippen LogP contribution in [-0.2, 0) is 21.6 Å². The highest BCUT2D eigenvalue weighted by molar-refractivity contribution is 6.30. The highest BCUT2D eigenvalue weighted by Gasteiger charge is 2.49. The standard InChI is InChI=1S/C29H28ClN5O5/c1-31-27(38)32-21-10-7-19(8-11-21)25(36)33-24(15-18-5-3-2-4-6-18)26(37)35-14-13-29(17-35)22-16-20(30)9-12-23(22)34-28(39)40-29/h2-12,16,24H,13-15,17H2,1H3,(H,33,36)(H,34,39)(H2,31,32,38)/t24-,29?/m0/s1. The number of hydrogen-bond acceptors (Lipinski definition) is 5. The Balaban J connectivity index is 1.36. The molecule has 206 valence electrons. The molecule has 0 aliphatic carbocycles. The van der Waals surface area contributed by atoms with Crippen molar-refractivity contribution in [2.45, 2.75) is 24.5 Å². The Hall–Kier alpha value is -4.57. The van der Waals surface area contributed by atoms with Gasteiger partial charge >= 0.3 is 12.1 Å². The van der Waals surface area contributed by atoms with Crippen LogP contribution in [0.1, 0.15) is 27.9 Å². The van der Waals surface area contributed by atoms with Gasteiger partial charge in [0.1, 0.15) is 6.04 Å². The van der Waals surface area contributed by atoms with Gasteiger partial charge in [0.2, 0.25) is 5.91 Å². The van der Waals surface area contributed by atoms with Gasteiger partial charge in [-0.2, -0.15) is 0 Å². The summed E-state index contributed by atoms with van der Waals surface area (Å²) in [5.41, 5.74) is 2.01. The van der Waals surface area contributed by atoms with E-state index in [4.69, 9.17) is 16.3 Å². The van der Waals surface area contributed by atoms with Gasteiger partial charge in [0, 0.05) is 48.3 Å². The molecule has 0 radical (unpaired) electrons. The van der Waals surface area contributed by atoms with Crippen molar-refractivity contribution < 1.29 is 23.9 Å². The Bertz CT molecular complexity index is 1450. The highest BCUT2D eigenvalue weighted by Crippen LogP contribution is 2.43. The first-order chi connectivity index (χ1) is 19.3. The molecule has 1 spiro atoms. The lowest BCUT2D eigenvalue weighted by atomic mass is 9.90. The second kappa shape index (κ2) is 11.3. The molecule has 3 aromatic rings. The smallest absolute Gasteiger partial charge is 0.412 e. The number of nitrogens with zero attached hydrogens (tertiary/aromatic N) is 1. The number of hydrogen-bond donors (Lipinski definition) is 4. The van der Waals surface area contributed by atoms with Crippen molar-refractivity contribution in [2.24, 2.45) is 0 Å². The van der Waals surface area contributed by atoms with E-state index in [-0.39, 0.29) is 24.9 Å². The lowest BCUT2D eigenvalue weighted by Gasteiger charge is -2.35. The lowest BCUT2D eigenvalue weighted by molar-refractivity contribution is -0.133. The van der Waals surface area contributed by atoms with E-state index in [9.17, 15) is 19.2 Å². The number of nitrogens with one attached hydrogen (secondary N) is 4. The van der Waals surface area contributed by atoms with E-state index in [0.29, 0.717) is 40.5 Å². The fourth-order valence-corrected chi connectivity index (χ4v) is 5.23. The molecule has 40 heavy (non-hydrogen) atoms. The maximum absolute atomic E-state index is 13.9. The van der Waals surface area contributed by atoms with Crippen molar-refractivity contribution in [3.63, 3.8) is 0 Å². The Labute approximate surface area is 236 Å². The monoisotopic (exact) mass is 561 g/mol. The summed E-state index contributed by atoms with van der Waals surface area (Å²) in [4.78, 5) is 52.7. The summed E-state index contributed by atoms with van der Waals surface area (Å²) >= 11 is 6.25. The third kappa shape index (κ3) is 5.72. The van der Waals surface area contributed by atoms with Gasteiger partial charge in [-0.1, -0.05) is 41.9 Å². The summed E-state index contributed by atoms with van der Waals surface area (Å²) < 4.78 is 5.77. The van der Waals surface area contributed by atoms with E-state index >= 15 is 0 Å². The maximum Gasteiger partial charge on any atom is 0.412 e. The Morgan fingerprint density at radius 3 is 2.55 bits per heavy atom. The molecule has 2 aliphatic heterocycles. The van der Waals surface area contributed by atoms with Gasteiger partial charge in [0.15, 0.2) is 5.60 Å². The van der Waals surface area contributed by atoms with Crippen molar-refractivity contribution in [1.82, 2.24) is 15.5 Å². The molecule has 2 heterocycles. The zero-order valence-corrected chi connectivity index (χ0v) is 22.5. The minimum Gasteiger partial charge on any atom is -0.436 e. The third-order valence-corrected chi connectivity index (χ3v) is 7.29. The van der Waals surface area contributed by atoms with Gasteiger partial charge in [-0.3, -0.25) is 14.9 Å². The van der Waals surface area contributed by atoms with Crippen molar-refractivity contribution in [1.29, 1.82) is 0 Å². The molecule has 1 saturated heterocycles. The molecule has 3 aromatic carbocycles. The van der Waals surface area contributed by atoms with Crippen LogP contribution in [0.3, 0.4) is 0 Å². The van der Waals surface area contributed by atoms with E-state index in [1.54, 1.807) is 47.4 Å². The fraction of sp³-hybridized carbons (Fsp3) is 0.241. The number of anilines is 2.